The largest absolute Gasteiger partial charge is 0.483 e. The van der Waals surface area contributed by atoms with Gasteiger partial charge in [-0.3, -0.25) is 14.6 Å². The van der Waals surface area contributed by atoms with Crippen molar-refractivity contribution in [3.63, 3.8) is 0 Å². The van der Waals surface area contributed by atoms with Crippen LogP contribution in [0.2, 0.25) is 5.02 Å². The summed E-state index contributed by atoms with van der Waals surface area (Å²) in [7, 11) is 1.66. The highest BCUT2D eigenvalue weighted by atomic mass is 35.5. The Morgan fingerprint density at radius 1 is 1.26 bits per heavy atom. The van der Waals surface area contributed by atoms with Crippen LogP contribution in [-0.4, -0.2) is 42.6 Å². The lowest BCUT2D eigenvalue weighted by atomic mass is 9.73. The number of nitrogens with one attached hydrogen (secondary N) is 1. The van der Waals surface area contributed by atoms with Crippen molar-refractivity contribution in [2.75, 3.05) is 25.0 Å². The van der Waals surface area contributed by atoms with E-state index in [0.717, 1.165) is 27.8 Å². The Bertz CT molecular complexity index is 1100. The molecule has 1 aliphatic rings. The molecule has 1 aromatic heterocycles. The predicted octanol–water partition coefficient (Wildman–Crippen LogP) is 3.83. The summed E-state index contributed by atoms with van der Waals surface area (Å²) in [6.07, 6.45) is 0.622. The van der Waals surface area contributed by atoms with E-state index in [2.05, 4.69) is 15.2 Å². The topological polar surface area (TPSA) is 82.5 Å². The van der Waals surface area contributed by atoms with E-state index >= 15 is 0 Å². The predicted molar refractivity (Wildman–Crippen MR) is 119 cm³/mol. The van der Waals surface area contributed by atoms with E-state index in [9.17, 15) is 9.18 Å². The number of hydrogen-bond donors (Lipinski definition) is 2. The van der Waals surface area contributed by atoms with E-state index in [1.807, 2.05) is 37.3 Å². The molecule has 4 rings (SSSR count). The first-order valence-electron chi connectivity index (χ1n) is 9.68. The average Bonchev–Trinajstić information content (AvgIpc) is 2.72. The molecular weight excluding hydrogens is 421 g/mol. The molecule has 31 heavy (non-hydrogen) atoms. The summed E-state index contributed by atoms with van der Waals surface area (Å²) in [4.78, 5) is 27.7. The molecule has 0 saturated carbocycles. The van der Waals surface area contributed by atoms with Crippen molar-refractivity contribution in [2.24, 2.45) is 5.41 Å². The summed E-state index contributed by atoms with van der Waals surface area (Å²) >= 11 is 5.98. The Labute approximate surface area is 184 Å². The number of nitrogens with zero attached hydrogens (tertiary/aromatic N) is 2. The van der Waals surface area contributed by atoms with Crippen molar-refractivity contribution < 1.29 is 19.1 Å². The normalized spacial score (nSPS) is 14.3. The van der Waals surface area contributed by atoms with Gasteiger partial charge >= 0.3 is 0 Å². The quantitative estimate of drug-likeness (QED) is 0.599. The van der Waals surface area contributed by atoms with Crippen LogP contribution >= 0.6 is 11.6 Å². The maximum absolute atomic E-state index is 13.8. The minimum atomic E-state index is -0.528. The van der Waals surface area contributed by atoms with E-state index in [4.69, 9.17) is 21.5 Å². The number of amides is 1. The molecule has 2 N–H and O–H groups in total. The van der Waals surface area contributed by atoms with E-state index in [1.54, 1.807) is 13.1 Å². The minimum Gasteiger partial charge on any atom is -0.483 e. The molecule has 6 nitrogen and oxygen atoms in total. The number of benzene rings is 2. The highest BCUT2D eigenvalue weighted by Gasteiger charge is 2.49. The lowest BCUT2D eigenvalue weighted by Crippen LogP contribution is -2.64. The Morgan fingerprint density at radius 2 is 1.90 bits per heavy atom. The molecule has 0 atom stereocenters. The van der Waals surface area contributed by atoms with Gasteiger partial charge in [-0.15, -0.1) is 0 Å². The maximum atomic E-state index is 13.8. The summed E-state index contributed by atoms with van der Waals surface area (Å²) in [6.45, 7) is 2.79. The zero-order valence-corrected chi connectivity index (χ0v) is 18.0. The third kappa shape index (κ3) is 4.77. The molecule has 0 spiro atoms. The average molecular weight is 444 g/mol. The molecule has 8 heteroatoms. The molecule has 0 radical (unpaired) electrons. The summed E-state index contributed by atoms with van der Waals surface area (Å²) in [5, 5.41) is 11.1. The van der Waals surface area contributed by atoms with E-state index < -0.39 is 5.41 Å². The van der Waals surface area contributed by atoms with Crippen LogP contribution in [0, 0.1) is 18.2 Å². The van der Waals surface area contributed by atoms with Crippen LogP contribution in [0.3, 0.4) is 0 Å². The number of carbonyl (C=O) groups is 2. The SMILES string of the molecule is CNC(=O)C1(Cc2ccc(Cl)cc2)CN(c2cc(C)nc3ccc(F)cc23)C1.O=CO. The van der Waals surface area contributed by atoms with Gasteiger partial charge in [0.2, 0.25) is 5.91 Å². The molecule has 3 aromatic rings. The number of pyridine rings is 1. The van der Waals surface area contributed by atoms with Gasteiger partial charge in [-0.1, -0.05) is 23.7 Å². The fourth-order valence-corrected chi connectivity index (χ4v) is 4.14. The molecule has 2 aromatic carbocycles. The summed E-state index contributed by atoms with van der Waals surface area (Å²) < 4.78 is 13.8. The number of carbonyl (C=O) groups excluding carboxylic acids is 1. The number of rotatable bonds is 4. The molecule has 0 unspecified atom stereocenters. The number of aromatic nitrogens is 1. The molecule has 162 valence electrons. The van der Waals surface area contributed by atoms with Gasteiger partial charge in [0, 0.05) is 41.9 Å². The highest BCUT2D eigenvalue weighted by Crippen LogP contribution is 2.40. The number of aryl methyl sites for hydroxylation is 1. The fraction of sp³-hybridized carbons (Fsp3) is 0.261. The molecule has 1 fully saturated rings. The second-order valence-electron chi connectivity index (χ2n) is 7.57. The Kier molecular flexibility index (Phi) is 6.75. The standard InChI is InChI=1S/C22H21ClFN3O.CH2O2/c1-14-9-20(18-10-17(24)7-8-19(18)26-14)27-12-22(13-27,21(28)25-2)11-15-3-5-16(23)6-4-15;2-1-3/h3-10H,11-13H2,1-2H3,(H,25,28);1H,(H,2,3). The van der Waals surface area contributed by atoms with Crippen molar-refractivity contribution in [1.29, 1.82) is 0 Å². The van der Waals surface area contributed by atoms with Crippen LogP contribution in [0.5, 0.6) is 0 Å². The minimum absolute atomic E-state index is 0.0139. The van der Waals surface area contributed by atoms with Crippen molar-refractivity contribution in [1.82, 2.24) is 10.3 Å². The smallest absolute Gasteiger partial charge is 0.290 e. The first kappa shape index (κ1) is 22.5. The second-order valence-corrected chi connectivity index (χ2v) is 8.00. The Morgan fingerprint density at radius 3 is 2.52 bits per heavy atom. The number of halogens is 2. The lowest BCUT2D eigenvalue weighted by Gasteiger charge is -2.50. The van der Waals surface area contributed by atoms with Gasteiger partial charge in [0.05, 0.1) is 10.9 Å². The number of carboxylic acid groups (broad SMARTS) is 1. The summed E-state index contributed by atoms with van der Waals surface area (Å²) in [6, 6.07) is 14.2. The lowest BCUT2D eigenvalue weighted by molar-refractivity contribution is -0.132. The van der Waals surface area contributed by atoms with Gasteiger partial charge in [0.1, 0.15) is 5.82 Å². The molecule has 1 aliphatic heterocycles. The van der Waals surface area contributed by atoms with Gasteiger partial charge in [0.25, 0.3) is 6.47 Å². The zero-order chi connectivity index (χ0) is 22.6. The molecule has 0 aliphatic carbocycles. The first-order chi connectivity index (χ1) is 14.8. The third-order valence-corrected chi connectivity index (χ3v) is 5.62. The summed E-state index contributed by atoms with van der Waals surface area (Å²) in [5.74, 6) is -0.279. The van der Waals surface area contributed by atoms with E-state index in [0.29, 0.717) is 24.5 Å². The third-order valence-electron chi connectivity index (χ3n) is 5.37. The zero-order valence-electron chi connectivity index (χ0n) is 17.2. The number of anilines is 1. The van der Waals surface area contributed by atoms with Gasteiger partial charge < -0.3 is 15.3 Å². The molecule has 1 saturated heterocycles. The van der Waals surface area contributed by atoms with Crippen LogP contribution in [0.4, 0.5) is 10.1 Å². The van der Waals surface area contributed by atoms with Crippen LogP contribution in [0.25, 0.3) is 10.9 Å². The Hall–Kier alpha value is -3.19. The second kappa shape index (κ2) is 9.31. The van der Waals surface area contributed by atoms with Gasteiger partial charge in [-0.2, -0.15) is 0 Å². The molecular formula is C23H23ClFN3O3. The van der Waals surface area contributed by atoms with Crippen LogP contribution in [-0.2, 0) is 16.0 Å². The molecule has 2 heterocycles. The highest BCUT2D eigenvalue weighted by molar-refractivity contribution is 6.30. The maximum Gasteiger partial charge on any atom is 0.290 e. The van der Waals surface area contributed by atoms with E-state index in [1.165, 1.54) is 12.1 Å². The van der Waals surface area contributed by atoms with Crippen LogP contribution in [0.1, 0.15) is 11.3 Å². The van der Waals surface area contributed by atoms with Crippen LogP contribution in [0.15, 0.2) is 48.5 Å². The van der Waals surface area contributed by atoms with Crippen molar-refractivity contribution in [3.05, 3.63) is 70.6 Å². The van der Waals surface area contributed by atoms with E-state index in [-0.39, 0.29) is 18.2 Å². The number of fused-ring (bicyclic) bond motifs is 1. The summed E-state index contributed by atoms with van der Waals surface area (Å²) in [5.41, 5.74) is 3.07. The molecule has 1 amide bonds. The van der Waals surface area contributed by atoms with Crippen molar-refractivity contribution in [2.45, 2.75) is 13.3 Å². The van der Waals surface area contributed by atoms with Gasteiger partial charge in [-0.05, 0) is 55.3 Å². The van der Waals surface area contributed by atoms with Crippen LogP contribution < -0.4 is 10.2 Å². The van der Waals surface area contributed by atoms with Gasteiger partial charge in [-0.25, -0.2) is 4.39 Å². The first-order valence-corrected chi connectivity index (χ1v) is 10.1. The van der Waals surface area contributed by atoms with Crippen molar-refractivity contribution >= 4 is 40.6 Å². The fourth-order valence-electron chi connectivity index (χ4n) is 4.02. The Balaban J connectivity index is 0.000000858. The van der Waals surface area contributed by atoms with Crippen molar-refractivity contribution in [3.8, 4) is 0 Å². The molecule has 0 bridgehead atoms. The monoisotopic (exact) mass is 443 g/mol. The number of hydrogen-bond acceptors (Lipinski definition) is 4. The van der Waals surface area contributed by atoms with Gasteiger partial charge in [0.15, 0.2) is 0 Å².